The van der Waals surface area contributed by atoms with Gasteiger partial charge in [-0.15, -0.1) is 0 Å². The monoisotopic (exact) mass is 207 g/mol. The molecule has 0 saturated carbocycles. The van der Waals surface area contributed by atoms with Gasteiger partial charge in [0.25, 0.3) is 0 Å². The van der Waals surface area contributed by atoms with Gasteiger partial charge >= 0.3 is 0 Å². The van der Waals surface area contributed by atoms with Gasteiger partial charge < -0.3 is 0 Å². The van der Waals surface area contributed by atoms with E-state index >= 15 is 0 Å². The summed E-state index contributed by atoms with van der Waals surface area (Å²) in [6.07, 6.45) is 0. The normalized spacial score (nSPS) is 9.10. The Morgan fingerprint density at radius 2 is 1.70 bits per heavy atom. The van der Waals surface area contributed by atoms with Gasteiger partial charge in [0.15, 0.2) is 0 Å². The van der Waals surface area contributed by atoms with E-state index in [1.807, 2.05) is 0 Å². The van der Waals surface area contributed by atoms with E-state index in [4.69, 9.17) is 0 Å². The Bertz CT molecular complexity index is 133. The molecule has 3 nitrogen and oxygen atoms in total. The lowest BCUT2D eigenvalue weighted by Crippen LogP contribution is -2.34. The van der Waals surface area contributed by atoms with Crippen molar-refractivity contribution in [2.24, 2.45) is 0 Å². The second-order valence-corrected chi connectivity index (χ2v) is 2.67. The third kappa shape index (κ3) is 2.96. The lowest BCUT2D eigenvalue weighted by Gasteiger charge is -2.14. The fourth-order valence-electron chi connectivity index (χ4n) is 0.621. The minimum absolute atomic E-state index is 0.202. The minimum Gasteiger partial charge on any atom is -0.282 e. The number of amides is 2. The van der Waals surface area contributed by atoms with Crippen LogP contribution < -0.4 is 0 Å². The van der Waals surface area contributed by atoms with Crippen molar-refractivity contribution in [3.63, 3.8) is 0 Å². The Labute approximate surface area is 68.5 Å². The molecule has 0 aromatic heterocycles. The Hall–Kier alpha value is -0.380. The third-order valence-electron chi connectivity index (χ3n) is 1.07. The molecule has 0 heterocycles. The third-order valence-corrected chi connectivity index (χ3v) is 1.42. The summed E-state index contributed by atoms with van der Waals surface area (Å²) in [5.74, 6) is -0.404. The van der Waals surface area contributed by atoms with Crippen molar-refractivity contribution in [3.05, 3.63) is 0 Å². The standard InChI is InChI=1S/C6H10BrNO2/c1-5(9)8(4-3-7)6(2)10/h3-4H2,1-2H3. The summed E-state index contributed by atoms with van der Waals surface area (Å²) < 4.78 is 0. The first-order valence-electron chi connectivity index (χ1n) is 2.94. The summed E-state index contributed by atoms with van der Waals surface area (Å²) in [4.78, 5) is 22.5. The van der Waals surface area contributed by atoms with Gasteiger partial charge in [-0.3, -0.25) is 14.5 Å². The molecule has 0 atom stereocenters. The van der Waals surface area contributed by atoms with E-state index in [-0.39, 0.29) is 11.8 Å². The Balaban J connectivity index is 3.98. The average molecular weight is 208 g/mol. The van der Waals surface area contributed by atoms with E-state index in [0.29, 0.717) is 11.9 Å². The molecule has 0 aromatic rings. The van der Waals surface area contributed by atoms with Gasteiger partial charge in [0.2, 0.25) is 11.8 Å². The van der Waals surface area contributed by atoms with Crippen molar-refractivity contribution in [2.75, 3.05) is 11.9 Å². The first-order chi connectivity index (χ1) is 4.59. The minimum atomic E-state index is -0.202. The van der Waals surface area contributed by atoms with E-state index in [1.165, 1.54) is 18.7 Å². The molecule has 0 N–H and O–H groups in total. The molecule has 0 unspecified atom stereocenters. The van der Waals surface area contributed by atoms with Crippen LogP contribution in [0.1, 0.15) is 13.8 Å². The molecular weight excluding hydrogens is 198 g/mol. The molecule has 0 saturated heterocycles. The fraction of sp³-hybridized carbons (Fsp3) is 0.667. The predicted octanol–water partition coefficient (Wildman–Crippen LogP) is 0.776. The molecule has 0 bridgehead atoms. The van der Waals surface area contributed by atoms with Crippen LogP contribution in [0.4, 0.5) is 0 Å². The molecule has 0 radical (unpaired) electrons. The van der Waals surface area contributed by atoms with Gasteiger partial charge in [0.1, 0.15) is 0 Å². The van der Waals surface area contributed by atoms with Crippen LogP contribution >= 0.6 is 15.9 Å². The summed E-state index contributed by atoms with van der Waals surface area (Å²) >= 11 is 3.14. The second kappa shape index (κ2) is 4.44. The van der Waals surface area contributed by atoms with Crippen LogP contribution in [-0.2, 0) is 9.59 Å². The molecule has 0 spiro atoms. The largest absolute Gasteiger partial charge is 0.282 e. The number of hydrogen-bond acceptors (Lipinski definition) is 2. The van der Waals surface area contributed by atoms with Gasteiger partial charge in [-0.1, -0.05) is 15.9 Å². The first kappa shape index (κ1) is 9.62. The van der Waals surface area contributed by atoms with Gasteiger partial charge in [-0.2, -0.15) is 0 Å². The molecule has 4 heteroatoms. The topological polar surface area (TPSA) is 37.4 Å². The summed E-state index contributed by atoms with van der Waals surface area (Å²) in [6.45, 7) is 3.21. The second-order valence-electron chi connectivity index (χ2n) is 1.88. The lowest BCUT2D eigenvalue weighted by molar-refractivity contribution is -0.141. The average Bonchev–Trinajstić information content (AvgIpc) is 1.81. The van der Waals surface area contributed by atoms with E-state index in [0.717, 1.165) is 0 Å². The zero-order valence-corrected chi connectivity index (χ0v) is 7.64. The van der Waals surface area contributed by atoms with Crippen molar-refractivity contribution in [1.82, 2.24) is 4.90 Å². The first-order valence-corrected chi connectivity index (χ1v) is 4.06. The number of alkyl halides is 1. The molecule has 0 fully saturated rings. The molecule has 0 aliphatic carbocycles. The predicted molar refractivity (Wildman–Crippen MR) is 41.9 cm³/mol. The van der Waals surface area contributed by atoms with Crippen LogP contribution in [0.15, 0.2) is 0 Å². The Kier molecular flexibility index (Phi) is 4.27. The van der Waals surface area contributed by atoms with E-state index in [1.54, 1.807) is 0 Å². The quantitative estimate of drug-likeness (QED) is 0.628. The highest BCUT2D eigenvalue weighted by atomic mass is 79.9. The maximum Gasteiger partial charge on any atom is 0.226 e. The molecule has 58 valence electrons. The number of nitrogens with zero attached hydrogens (tertiary/aromatic N) is 1. The van der Waals surface area contributed by atoms with Crippen molar-refractivity contribution in [1.29, 1.82) is 0 Å². The molecule has 0 aliphatic heterocycles. The molecule has 10 heavy (non-hydrogen) atoms. The van der Waals surface area contributed by atoms with Crippen molar-refractivity contribution in [2.45, 2.75) is 13.8 Å². The van der Waals surface area contributed by atoms with Crippen LogP contribution in [0, 0.1) is 0 Å². The molecule has 0 aromatic carbocycles. The number of hydrogen-bond donors (Lipinski definition) is 0. The highest BCUT2D eigenvalue weighted by Gasteiger charge is 2.10. The van der Waals surface area contributed by atoms with Crippen LogP contribution in [0.25, 0.3) is 0 Å². The molecule has 2 amide bonds. The number of carbonyl (C=O) groups excluding carboxylic acids is 2. The number of imide groups is 1. The van der Waals surface area contributed by atoms with E-state index < -0.39 is 0 Å². The Morgan fingerprint density at radius 1 is 1.30 bits per heavy atom. The molecular formula is C6H10BrNO2. The fourth-order valence-corrected chi connectivity index (χ4v) is 0.976. The smallest absolute Gasteiger partial charge is 0.226 e. The van der Waals surface area contributed by atoms with Crippen molar-refractivity contribution >= 4 is 27.7 Å². The highest BCUT2D eigenvalue weighted by Crippen LogP contribution is 1.92. The number of carbonyl (C=O) groups is 2. The zero-order valence-electron chi connectivity index (χ0n) is 6.06. The van der Waals surface area contributed by atoms with Crippen LogP contribution in [-0.4, -0.2) is 28.6 Å². The van der Waals surface area contributed by atoms with Crippen molar-refractivity contribution in [3.8, 4) is 0 Å². The van der Waals surface area contributed by atoms with E-state index in [9.17, 15) is 9.59 Å². The maximum absolute atomic E-state index is 10.7. The maximum atomic E-state index is 10.7. The molecule has 0 aliphatic rings. The summed E-state index contributed by atoms with van der Waals surface area (Å²) in [7, 11) is 0. The van der Waals surface area contributed by atoms with Gasteiger partial charge in [0.05, 0.1) is 0 Å². The van der Waals surface area contributed by atoms with Crippen LogP contribution in [0.3, 0.4) is 0 Å². The SMILES string of the molecule is CC(=O)N(CCBr)C(C)=O. The van der Waals surface area contributed by atoms with Gasteiger partial charge in [0, 0.05) is 25.7 Å². The number of rotatable bonds is 2. The van der Waals surface area contributed by atoms with E-state index in [2.05, 4.69) is 15.9 Å². The summed E-state index contributed by atoms with van der Waals surface area (Å²) in [6, 6.07) is 0. The van der Waals surface area contributed by atoms with Gasteiger partial charge in [-0.25, -0.2) is 0 Å². The van der Waals surface area contributed by atoms with Gasteiger partial charge in [-0.05, 0) is 0 Å². The highest BCUT2D eigenvalue weighted by molar-refractivity contribution is 9.09. The Morgan fingerprint density at radius 3 is 1.80 bits per heavy atom. The van der Waals surface area contributed by atoms with Crippen molar-refractivity contribution < 1.29 is 9.59 Å². The van der Waals surface area contributed by atoms with Crippen LogP contribution in [0.2, 0.25) is 0 Å². The zero-order chi connectivity index (χ0) is 8.15. The van der Waals surface area contributed by atoms with Crippen LogP contribution in [0.5, 0.6) is 0 Å². The molecule has 0 rings (SSSR count). The summed E-state index contributed by atoms with van der Waals surface area (Å²) in [5, 5.41) is 0.631. The lowest BCUT2D eigenvalue weighted by atomic mass is 10.5. The number of halogens is 1. The summed E-state index contributed by atoms with van der Waals surface area (Å²) in [5.41, 5.74) is 0.